The maximum Gasteiger partial charge on any atom is 0.225 e. The first-order chi connectivity index (χ1) is 12.2. The van der Waals surface area contributed by atoms with Crippen molar-refractivity contribution in [3.63, 3.8) is 0 Å². The quantitative estimate of drug-likeness (QED) is 0.722. The number of aromatic nitrogens is 2. The molecule has 1 aromatic carbocycles. The van der Waals surface area contributed by atoms with Crippen LogP contribution in [0, 0.1) is 0 Å². The van der Waals surface area contributed by atoms with Gasteiger partial charge in [0, 0.05) is 23.1 Å². The van der Waals surface area contributed by atoms with Gasteiger partial charge in [0.1, 0.15) is 5.82 Å². The third-order valence-electron chi connectivity index (χ3n) is 4.55. The summed E-state index contributed by atoms with van der Waals surface area (Å²) < 4.78 is 0. The SMILES string of the molecule is O=C(CCCCN1CCCCC1)Nc1cc(-c2cccc(Cl)c2)n[nH]1. The summed E-state index contributed by atoms with van der Waals surface area (Å²) in [4.78, 5) is 14.6. The minimum atomic E-state index is 0.0277. The number of nitrogens with zero attached hydrogens (tertiary/aromatic N) is 2. The molecule has 134 valence electrons. The number of halogens is 1. The molecule has 2 heterocycles. The number of piperidine rings is 1. The Bertz CT molecular complexity index is 694. The smallest absolute Gasteiger partial charge is 0.225 e. The molecule has 2 aromatic rings. The molecule has 1 aliphatic heterocycles. The molecule has 0 radical (unpaired) electrons. The van der Waals surface area contributed by atoms with E-state index >= 15 is 0 Å². The van der Waals surface area contributed by atoms with Crippen LogP contribution in [0.1, 0.15) is 38.5 Å². The first-order valence-electron chi connectivity index (χ1n) is 9.04. The molecule has 2 N–H and O–H groups in total. The van der Waals surface area contributed by atoms with E-state index in [0.29, 0.717) is 17.3 Å². The molecule has 0 unspecified atom stereocenters. The summed E-state index contributed by atoms with van der Waals surface area (Å²) in [6.45, 7) is 3.54. The van der Waals surface area contributed by atoms with Gasteiger partial charge in [-0.05, 0) is 57.5 Å². The number of hydrogen-bond donors (Lipinski definition) is 2. The maximum atomic E-state index is 12.1. The lowest BCUT2D eigenvalue weighted by Crippen LogP contribution is -2.30. The average molecular weight is 361 g/mol. The van der Waals surface area contributed by atoms with E-state index in [1.807, 2.05) is 30.3 Å². The largest absolute Gasteiger partial charge is 0.311 e. The number of amides is 1. The van der Waals surface area contributed by atoms with Gasteiger partial charge in [0.05, 0.1) is 5.69 Å². The van der Waals surface area contributed by atoms with E-state index in [4.69, 9.17) is 11.6 Å². The van der Waals surface area contributed by atoms with Crippen molar-refractivity contribution >= 4 is 23.3 Å². The highest BCUT2D eigenvalue weighted by molar-refractivity contribution is 6.30. The third-order valence-corrected chi connectivity index (χ3v) is 4.78. The Labute approximate surface area is 153 Å². The summed E-state index contributed by atoms with van der Waals surface area (Å²) in [6, 6.07) is 9.33. The molecule has 25 heavy (non-hydrogen) atoms. The van der Waals surface area contributed by atoms with Crippen LogP contribution in [0.25, 0.3) is 11.3 Å². The number of H-pyrrole nitrogens is 1. The number of anilines is 1. The van der Waals surface area contributed by atoms with Gasteiger partial charge >= 0.3 is 0 Å². The first-order valence-corrected chi connectivity index (χ1v) is 9.42. The van der Waals surface area contributed by atoms with Gasteiger partial charge in [-0.1, -0.05) is 30.2 Å². The fraction of sp³-hybridized carbons (Fsp3) is 0.474. The standard InChI is InChI=1S/C19H25ClN4O/c20-16-8-6-7-15(13-16)17-14-18(23-22-17)21-19(25)9-2-5-12-24-10-3-1-4-11-24/h6-8,13-14H,1-5,9-12H2,(H2,21,22,23,25). The fourth-order valence-electron chi connectivity index (χ4n) is 3.20. The van der Waals surface area contributed by atoms with Crippen LogP contribution in [0.2, 0.25) is 5.02 Å². The average Bonchev–Trinajstić information content (AvgIpc) is 3.08. The van der Waals surface area contributed by atoms with E-state index < -0.39 is 0 Å². The number of unbranched alkanes of at least 4 members (excludes halogenated alkanes) is 1. The molecule has 3 rings (SSSR count). The monoisotopic (exact) mass is 360 g/mol. The second-order valence-electron chi connectivity index (χ2n) is 6.58. The molecule has 0 spiro atoms. The molecule has 1 aromatic heterocycles. The summed E-state index contributed by atoms with van der Waals surface area (Å²) in [5.41, 5.74) is 1.69. The highest BCUT2D eigenvalue weighted by Gasteiger charge is 2.10. The van der Waals surface area contributed by atoms with Crippen molar-refractivity contribution in [1.82, 2.24) is 15.1 Å². The molecule has 0 aliphatic carbocycles. The summed E-state index contributed by atoms with van der Waals surface area (Å²) in [5, 5.41) is 10.6. The van der Waals surface area contributed by atoms with Crippen LogP contribution in [0.4, 0.5) is 5.82 Å². The minimum absolute atomic E-state index is 0.0277. The van der Waals surface area contributed by atoms with Crippen LogP contribution in [0.15, 0.2) is 30.3 Å². The van der Waals surface area contributed by atoms with Crippen LogP contribution in [-0.2, 0) is 4.79 Å². The number of carbonyl (C=O) groups is 1. The van der Waals surface area contributed by atoms with E-state index in [2.05, 4.69) is 20.4 Å². The number of likely N-dealkylation sites (tertiary alicyclic amines) is 1. The van der Waals surface area contributed by atoms with Crippen LogP contribution in [-0.4, -0.2) is 40.6 Å². The lowest BCUT2D eigenvalue weighted by atomic mass is 10.1. The zero-order valence-corrected chi connectivity index (χ0v) is 15.2. The minimum Gasteiger partial charge on any atom is -0.311 e. The van der Waals surface area contributed by atoms with Crippen molar-refractivity contribution in [2.45, 2.75) is 38.5 Å². The Morgan fingerprint density at radius 3 is 2.84 bits per heavy atom. The van der Waals surface area contributed by atoms with Crippen LogP contribution >= 0.6 is 11.6 Å². The zero-order valence-electron chi connectivity index (χ0n) is 14.4. The van der Waals surface area contributed by atoms with Gasteiger partial charge in [-0.25, -0.2) is 0 Å². The Morgan fingerprint density at radius 1 is 1.20 bits per heavy atom. The van der Waals surface area contributed by atoms with Crippen molar-refractivity contribution in [1.29, 1.82) is 0 Å². The molecule has 1 fully saturated rings. The Balaban J connectivity index is 1.41. The summed E-state index contributed by atoms with van der Waals surface area (Å²) in [5.74, 6) is 0.649. The van der Waals surface area contributed by atoms with Gasteiger partial charge in [0.15, 0.2) is 0 Å². The van der Waals surface area contributed by atoms with E-state index in [-0.39, 0.29) is 5.91 Å². The maximum absolute atomic E-state index is 12.1. The zero-order chi connectivity index (χ0) is 17.5. The Kier molecular flexibility index (Phi) is 6.48. The number of carbonyl (C=O) groups excluding carboxylic acids is 1. The molecule has 0 saturated carbocycles. The lowest BCUT2D eigenvalue weighted by Gasteiger charge is -2.26. The summed E-state index contributed by atoms with van der Waals surface area (Å²) >= 11 is 6.00. The molecule has 0 atom stereocenters. The predicted molar refractivity (Wildman–Crippen MR) is 102 cm³/mol. The van der Waals surface area contributed by atoms with Crippen molar-refractivity contribution in [2.24, 2.45) is 0 Å². The number of benzene rings is 1. The first kappa shape index (κ1) is 18.0. The van der Waals surface area contributed by atoms with Crippen LogP contribution in [0.5, 0.6) is 0 Å². The van der Waals surface area contributed by atoms with E-state index in [9.17, 15) is 4.79 Å². The van der Waals surface area contributed by atoms with Crippen molar-refractivity contribution in [3.8, 4) is 11.3 Å². The van der Waals surface area contributed by atoms with Gasteiger partial charge in [-0.2, -0.15) is 5.10 Å². The summed E-state index contributed by atoms with van der Waals surface area (Å²) in [6.07, 6.45) is 6.52. The van der Waals surface area contributed by atoms with Crippen molar-refractivity contribution in [2.75, 3.05) is 25.0 Å². The van der Waals surface area contributed by atoms with E-state index in [0.717, 1.165) is 30.6 Å². The van der Waals surface area contributed by atoms with Crippen LogP contribution in [0.3, 0.4) is 0 Å². The van der Waals surface area contributed by atoms with E-state index in [1.54, 1.807) is 0 Å². The topological polar surface area (TPSA) is 61.0 Å². The Hall–Kier alpha value is -1.85. The van der Waals surface area contributed by atoms with Gasteiger partial charge in [-0.15, -0.1) is 0 Å². The van der Waals surface area contributed by atoms with Gasteiger partial charge < -0.3 is 10.2 Å². The number of aromatic amines is 1. The molecule has 1 saturated heterocycles. The predicted octanol–water partition coefficient (Wildman–Crippen LogP) is 4.32. The van der Waals surface area contributed by atoms with E-state index in [1.165, 1.54) is 32.4 Å². The highest BCUT2D eigenvalue weighted by Crippen LogP contribution is 2.22. The van der Waals surface area contributed by atoms with Crippen molar-refractivity contribution in [3.05, 3.63) is 35.4 Å². The van der Waals surface area contributed by atoms with Gasteiger partial charge in [0.25, 0.3) is 0 Å². The van der Waals surface area contributed by atoms with Gasteiger partial charge in [0.2, 0.25) is 5.91 Å². The molecule has 1 aliphatic rings. The molecule has 6 heteroatoms. The molecule has 1 amide bonds. The number of rotatable bonds is 7. The second kappa shape index (κ2) is 9.02. The molecular weight excluding hydrogens is 336 g/mol. The molecule has 0 bridgehead atoms. The van der Waals surface area contributed by atoms with Crippen molar-refractivity contribution < 1.29 is 4.79 Å². The number of nitrogens with one attached hydrogen (secondary N) is 2. The summed E-state index contributed by atoms with van der Waals surface area (Å²) in [7, 11) is 0. The highest BCUT2D eigenvalue weighted by atomic mass is 35.5. The fourth-order valence-corrected chi connectivity index (χ4v) is 3.39. The van der Waals surface area contributed by atoms with Gasteiger partial charge in [-0.3, -0.25) is 9.89 Å². The third kappa shape index (κ3) is 5.58. The lowest BCUT2D eigenvalue weighted by molar-refractivity contribution is -0.116. The molecular formula is C19H25ClN4O. The normalized spacial score (nSPS) is 15.2. The number of hydrogen-bond acceptors (Lipinski definition) is 3. The second-order valence-corrected chi connectivity index (χ2v) is 7.02. The molecule has 5 nitrogen and oxygen atoms in total. The van der Waals surface area contributed by atoms with Crippen LogP contribution < -0.4 is 5.32 Å². The Morgan fingerprint density at radius 2 is 2.04 bits per heavy atom.